The number of rotatable bonds is 4. The van der Waals surface area contributed by atoms with Gasteiger partial charge < -0.3 is 0 Å². The molecule has 0 aromatic heterocycles. The molecular weight excluding hydrogens is 431 g/mol. The molecular formula is C28H31F5. The zero-order valence-corrected chi connectivity index (χ0v) is 19.0. The zero-order chi connectivity index (χ0) is 23.6. The monoisotopic (exact) mass is 462 g/mol. The van der Waals surface area contributed by atoms with E-state index in [2.05, 4.69) is 31.2 Å². The third-order valence-electron chi connectivity index (χ3n) is 7.59. The third-order valence-corrected chi connectivity index (χ3v) is 7.59. The number of allylic oxidation sites excluding steroid dienone is 2. The van der Waals surface area contributed by atoms with Crippen LogP contribution >= 0.6 is 0 Å². The average Bonchev–Trinajstić information content (AvgIpc) is 2.79. The van der Waals surface area contributed by atoms with E-state index in [-0.39, 0.29) is 17.8 Å². The molecule has 0 aliphatic heterocycles. The smallest absolute Gasteiger partial charge is 0.212 e. The van der Waals surface area contributed by atoms with Crippen LogP contribution in [0.5, 0.6) is 0 Å². The van der Waals surface area contributed by atoms with Gasteiger partial charge in [-0.05, 0) is 84.6 Å². The standard InChI is InChI=1S/C28H31F5/c1-18-2-4-19(5-3-18)20-6-8-21(9-7-20)24-14-15-25(26(29)16-24)22-10-12-23(13-11-22)27(30)17-28(31,32)33/h6-9,14-19,22-23H,2-5,10-13H2,1H3/b27-17-. The predicted octanol–water partition coefficient (Wildman–Crippen LogP) is 9.48. The van der Waals surface area contributed by atoms with Gasteiger partial charge in [-0.25, -0.2) is 8.78 Å². The van der Waals surface area contributed by atoms with Gasteiger partial charge in [-0.15, -0.1) is 0 Å². The van der Waals surface area contributed by atoms with Crippen molar-refractivity contribution in [2.45, 2.75) is 76.3 Å². The van der Waals surface area contributed by atoms with E-state index in [1.165, 1.54) is 31.2 Å². The maximum atomic E-state index is 15.0. The number of hydrogen-bond acceptors (Lipinski definition) is 0. The molecule has 0 spiro atoms. The lowest BCUT2D eigenvalue weighted by molar-refractivity contribution is -0.0820. The summed E-state index contributed by atoms with van der Waals surface area (Å²) in [5, 5.41) is 0. The van der Waals surface area contributed by atoms with Crippen LogP contribution in [-0.4, -0.2) is 6.18 Å². The lowest BCUT2D eigenvalue weighted by Crippen LogP contribution is -2.16. The Morgan fingerprint density at radius 3 is 1.94 bits per heavy atom. The SMILES string of the molecule is CC1CCC(c2ccc(-c3ccc(C4CCC(/C(F)=C/C(F)(F)F)CC4)c(F)c3)cc2)CC1. The van der Waals surface area contributed by atoms with Crippen molar-refractivity contribution in [2.75, 3.05) is 0 Å². The fraction of sp³-hybridized carbons (Fsp3) is 0.500. The molecule has 2 aromatic rings. The molecule has 0 N–H and O–H groups in total. The Bertz CT molecular complexity index is 957. The molecule has 4 rings (SSSR count). The van der Waals surface area contributed by atoms with Gasteiger partial charge in [0.2, 0.25) is 0 Å². The van der Waals surface area contributed by atoms with E-state index in [1.807, 2.05) is 6.07 Å². The molecule has 5 heteroatoms. The maximum Gasteiger partial charge on any atom is 0.412 e. The van der Waals surface area contributed by atoms with Crippen LogP contribution < -0.4 is 0 Å². The quantitative estimate of drug-likeness (QED) is 0.397. The molecule has 2 saturated carbocycles. The summed E-state index contributed by atoms with van der Waals surface area (Å²) in [6.07, 6.45) is 1.66. The highest BCUT2D eigenvalue weighted by atomic mass is 19.4. The van der Waals surface area contributed by atoms with Crippen molar-refractivity contribution in [1.29, 1.82) is 0 Å². The molecule has 2 aliphatic rings. The molecule has 0 heterocycles. The van der Waals surface area contributed by atoms with Gasteiger partial charge in [0.25, 0.3) is 0 Å². The molecule has 2 fully saturated rings. The average molecular weight is 463 g/mol. The van der Waals surface area contributed by atoms with Crippen LogP contribution in [0.25, 0.3) is 11.1 Å². The van der Waals surface area contributed by atoms with E-state index >= 15 is 0 Å². The van der Waals surface area contributed by atoms with E-state index in [4.69, 9.17) is 0 Å². The molecule has 2 aliphatic carbocycles. The van der Waals surface area contributed by atoms with Crippen LogP contribution in [0.4, 0.5) is 22.0 Å². The molecule has 0 unspecified atom stereocenters. The van der Waals surface area contributed by atoms with Gasteiger partial charge in [0.1, 0.15) is 11.6 Å². The summed E-state index contributed by atoms with van der Waals surface area (Å²) in [6.45, 7) is 2.31. The third kappa shape index (κ3) is 6.04. The predicted molar refractivity (Wildman–Crippen MR) is 122 cm³/mol. The molecule has 0 nitrogen and oxygen atoms in total. The highest BCUT2D eigenvalue weighted by Gasteiger charge is 2.31. The summed E-state index contributed by atoms with van der Waals surface area (Å²) in [6, 6.07) is 13.7. The van der Waals surface area contributed by atoms with Crippen molar-refractivity contribution in [3.05, 3.63) is 71.3 Å². The van der Waals surface area contributed by atoms with Gasteiger partial charge in [0, 0.05) is 5.92 Å². The summed E-state index contributed by atoms with van der Waals surface area (Å²) < 4.78 is 66.0. The van der Waals surface area contributed by atoms with Gasteiger partial charge in [0.05, 0.1) is 6.08 Å². The van der Waals surface area contributed by atoms with Crippen LogP contribution in [0.1, 0.15) is 81.3 Å². The van der Waals surface area contributed by atoms with Crippen molar-refractivity contribution in [3.8, 4) is 11.1 Å². The Morgan fingerprint density at radius 1 is 0.788 bits per heavy atom. The minimum Gasteiger partial charge on any atom is -0.212 e. The minimum atomic E-state index is -4.64. The molecule has 0 amide bonds. The molecule has 0 bridgehead atoms. The van der Waals surface area contributed by atoms with E-state index in [0.29, 0.717) is 37.2 Å². The second-order valence-electron chi connectivity index (χ2n) is 9.93. The van der Waals surface area contributed by atoms with Crippen molar-refractivity contribution in [2.24, 2.45) is 11.8 Å². The lowest BCUT2D eigenvalue weighted by atomic mass is 9.77. The molecule has 0 saturated heterocycles. The van der Waals surface area contributed by atoms with Crippen LogP contribution in [0.2, 0.25) is 0 Å². The number of benzene rings is 2. The van der Waals surface area contributed by atoms with Gasteiger partial charge in [0.15, 0.2) is 0 Å². The Morgan fingerprint density at radius 2 is 1.36 bits per heavy atom. The molecule has 0 atom stereocenters. The fourth-order valence-electron chi connectivity index (χ4n) is 5.53. The highest BCUT2D eigenvalue weighted by molar-refractivity contribution is 5.64. The molecule has 0 radical (unpaired) electrons. The van der Waals surface area contributed by atoms with E-state index in [1.54, 1.807) is 12.1 Å². The summed E-state index contributed by atoms with van der Waals surface area (Å²) in [5.74, 6) is -0.801. The van der Waals surface area contributed by atoms with Crippen LogP contribution in [-0.2, 0) is 0 Å². The van der Waals surface area contributed by atoms with E-state index in [0.717, 1.165) is 17.0 Å². The Kier molecular flexibility index (Phi) is 7.25. The topological polar surface area (TPSA) is 0 Å². The summed E-state index contributed by atoms with van der Waals surface area (Å²) in [4.78, 5) is 0. The number of alkyl halides is 3. The van der Waals surface area contributed by atoms with Crippen LogP contribution in [0, 0.1) is 17.7 Å². The zero-order valence-electron chi connectivity index (χ0n) is 19.0. The fourth-order valence-corrected chi connectivity index (χ4v) is 5.53. The van der Waals surface area contributed by atoms with Gasteiger partial charge in [-0.3, -0.25) is 0 Å². The van der Waals surface area contributed by atoms with Crippen molar-refractivity contribution in [3.63, 3.8) is 0 Å². The summed E-state index contributed by atoms with van der Waals surface area (Å²) in [7, 11) is 0. The Labute approximate surface area is 192 Å². The molecule has 178 valence electrons. The lowest BCUT2D eigenvalue weighted by Gasteiger charge is -2.28. The number of halogens is 5. The van der Waals surface area contributed by atoms with Crippen LogP contribution in [0.3, 0.4) is 0 Å². The van der Waals surface area contributed by atoms with Crippen LogP contribution in [0.15, 0.2) is 54.4 Å². The second-order valence-corrected chi connectivity index (χ2v) is 9.93. The first-order valence-electron chi connectivity index (χ1n) is 12.0. The van der Waals surface area contributed by atoms with Gasteiger partial charge in [-0.1, -0.05) is 56.2 Å². The van der Waals surface area contributed by atoms with Crippen molar-refractivity contribution >= 4 is 0 Å². The molecule has 33 heavy (non-hydrogen) atoms. The normalized spacial score (nSPS) is 26.9. The summed E-state index contributed by atoms with van der Waals surface area (Å²) >= 11 is 0. The number of hydrogen-bond donors (Lipinski definition) is 0. The van der Waals surface area contributed by atoms with Gasteiger partial charge >= 0.3 is 6.18 Å². The van der Waals surface area contributed by atoms with E-state index < -0.39 is 17.9 Å². The highest BCUT2D eigenvalue weighted by Crippen LogP contribution is 2.41. The van der Waals surface area contributed by atoms with E-state index in [9.17, 15) is 22.0 Å². The van der Waals surface area contributed by atoms with Gasteiger partial charge in [-0.2, -0.15) is 13.2 Å². The second kappa shape index (κ2) is 9.99. The maximum absolute atomic E-state index is 15.0. The van der Waals surface area contributed by atoms with Crippen molar-refractivity contribution < 1.29 is 22.0 Å². The Balaban J connectivity index is 1.40. The first-order chi connectivity index (χ1) is 15.7. The minimum absolute atomic E-state index is 0.0925. The summed E-state index contributed by atoms with van der Waals surface area (Å²) in [5.41, 5.74) is 3.71. The largest absolute Gasteiger partial charge is 0.412 e. The molecule has 2 aromatic carbocycles. The first-order valence-corrected chi connectivity index (χ1v) is 12.0. The first kappa shape index (κ1) is 24.0. The Hall–Kier alpha value is -2.17. The van der Waals surface area contributed by atoms with Crippen molar-refractivity contribution in [1.82, 2.24) is 0 Å².